The number of hydrogen-bond donors (Lipinski definition) is 8. The summed E-state index contributed by atoms with van der Waals surface area (Å²) in [4.78, 5) is 20.8. The molecule has 0 amide bonds. The molecule has 302 valence electrons. The molecule has 0 aliphatic carbocycles. The highest BCUT2D eigenvalue weighted by Gasteiger charge is 2.44. The van der Waals surface area contributed by atoms with Gasteiger partial charge in [0, 0.05) is 5.02 Å². The normalized spacial score (nSPS) is 19.9. The van der Waals surface area contributed by atoms with E-state index in [1.807, 2.05) is 84.9 Å². The summed E-state index contributed by atoms with van der Waals surface area (Å²) in [6, 6.07) is 29.9. The van der Waals surface area contributed by atoms with E-state index < -0.39 is 61.1 Å². The number of aliphatic hydroxyl groups excluding tert-OH is 4. The van der Waals surface area contributed by atoms with Crippen molar-refractivity contribution in [3.63, 3.8) is 0 Å². The zero-order chi connectivity index (χ0) is 41.0. The molecular weight excluding hydrogens is 744 g/mol. The predicted molar refractivity (Wildman–Crippen MR) is 211 cm³/mol. The van der Waals surface area contributed by atoms with Crippen LogP contribution in [-0.4, -0.2) is 106 Å². The van der Waals surface area contributed by atoms with Crippen molar-refractivity contribution in [3.05, 3.63) is 149 Å². The first-order valence-corrected chi connectivity index (χ1v) is 18.3. The molecule has 0 aromatic heterocycles. The first-order chi connectivity index (χ1) is 26.8. The number of nitrogens with two attached hydrogens (primary N) is 2. The lowest BCUT2D eigenvalue weighted by atomic mass is 9.90. The maximum atomic E-state index is 10.4. The number of carboxylic acid groups (broad SMARTS) is 2. The van der Waals surface area contributed by atoms with Crippen LogP contribution in [0.5, 0.6) is 5.75 Å². The number of ether oxygens (including phenoxy) is 3. The second-order valence-corrected chi connectivity index (χ2v) is 13.3. The number of rotatable bonds is 16. The Kier molecular flexibility index (Phi) is 19.7. The Labute approximate surface area is 331 Å². The van der Waals surface area contributed by atoms with Crippen molar-refractivity contribution in [1.82, 2.24) is 0 Å². The molecule has 1 aliphatic heterocycles. The van der Waals surface area contributed by atoms with Crippen molar-refractivity contribution in [1.29, 1.82) is 0 Å². The summed E-state index contributed by atoms with van der Waals surface area (Å²) >= 11 is 6.39. The number of carboxylic acids is 2. The number of aliphatic hydroxyl groups is 4. The second kappa shape index (κ2) is 24.1. The largest absolute Gasteiger partial charge is 0.491 e. The lowest BCUT2D eigenvalue weighted by Gasteiger charge is -2.40. The Morgan fingerprint density at radius 2 is 1.32 bits per heavy atom. The van der Waals surface area contributed by atoms with Crippen LogP contribution >= 0.6 is 11.6 Å². The first kappa shape index (κ1) is 45.7. The smallest absolute Gasteiger partial charge is 0.320 e. The summed E-state index contributed by atoms with van der Waals surface area (Å²) < 4.78 is 16.6. The molecule has 1 saturated heterocycles. The number of hydrogen-bond acceptors (Lipinski definition) is 11. The van der Waals surface area contributed by atoms with Gasteiger partial charge in [0.25, 0.3) is 0 Å². The molecule has 0 spiro atoms. The zero-order valence-electron chi connectivity index (χ0n) is 30.8. The lowest BCUT2D eigenvalue weighted by Crippen LogP contribution is -2.55. The Bertz CT molecular complexity index is 1710. The summed E-state index contributed by atoms with van der Waals surface area (Å²) in [6.45, 7) is 4.53. The number of aliphatic carboxylic acids is 2. The molecule has 0 radical (unpaired) electrons. The monoisotopic (exact) mass is 794 g/mol. The molecule has 10 N–H and O–H groups in total. The number of carbonyl (C=O) groups is 2. The van der Waals surface area contributed by atoms with Gasteiger partial charge in [0.2, 0.25) is 0 Å². The van der Waals surface area contributed by atoms with Crippen molar-refractivity contribution in [2.24, 2.45) is 11.5 Å². The van der Waals surface area contributed by atoms with Gasteiger partial charge in [-0.25, -0.2) is 0 Å². The van der Waals surface area contributed by atoms with Crippen LogP contribution in [0.1, 0.15) is 33.9 Å². The van der Waals surface area contributed by atoms with Crippen molar-refractivity contribution in [2.75, 3.05) is 26.4 Å². The van der Waals surface area contributed by atoms with Crippen LogP contribution in [0, 0.1) is 0 Å². The Hall–Kier alpha value is -4.67. The van der Waals surface area contributed by atoms with E-state index in [0.717, 1.165) is 28.0 Å². The van der Waals surface area contributed by atoms with E-state index in [0.29, 0.717) is 49.7 Å². The highest BCUT2D eigenvalue weighted by atomic mass is 35.5. The van der Waals surface area contributed by atoms with E-state index in [4.69, 9.17) is 47.5 Å². The second-order valence-electron chi connectivity index (χ2n) is 12.9. The molecule has 0 saturated carbocycles. The molecule has 14 heteroatoms. The molecule has 4 aromatic rings. The quantitative estimate of drug-likeness (QED) is 0.0602. The highest BCUT2D eigenvalue weighted by Crippen LogP contribution is 2.34. The van der Waals surface area contributed by atoms with E-state index in [9.17, 15) is 30.0 Å². The van der Waals surface area contributed by atoms with Crippen LogP contribution < -0.4 is 16.2 Å². The molecule has 7 atom stereocenters. The van der Waals surface area contributed by atoms with Gasteiger partial charge in [-0.3, -0.25) is 9.59 Å². The SMILES string of the molecule is C=CCOCCOc1ccc(Cc2cc([C@@H]3O[C@H](CO)[C@@H](O)[C@H](O)[C@H]3O)ccc2Cl)cc1.N[C@@H](Cc1ccccc1)C(=O)O.N[C@@H](Cc1ccccc1)C(=O)O. The first-order valence-electron chi connectivity index (χ1n) is 17.9. The van der Waals surface area contributed by atoms with Gasteiger partial charge in [-0.05, 0) is 65.3 Å². The van der Waals surface area contributed by atoms with E-state index in [1.54, 1.807) is 24.3 Å². The van der Waals surface area contributed by atoms with Crippen LogP contribution in [0.25, 0.3) is 0 Å². The minimum absolute atomic E-state index is 0.385. The van der Waals surface area contributed by atoms with Crippen molar-refractivity contribution >= 4 is 23.5 Å². The molecule has 1 fully saturated rings. The minimum atomic E-state index is -1.43. The molecule has 1 aliphatic rings. The molecule has 56 heavy (non-hydrogen) atoms. The predicted octanol–water partition coefficient (Wildman–Crippen LogP) is 3.31. The molecule has 5 rings (SSSR count). The summed E-state index contributed by atoms with van der Waals surface area (Å²) in [7, 11) is 0. The maximum absolute atomic E-state index is 10.4. The molecule has 0 bridgehead atoms. The molecule has 0 unspecified atom stereocenters. The lowest BCUT2D eigenvalue weighted by molar-refractivity contribution is -0.231. The number of benzene rings is 4. The van der Waals surface area contributed by atoms with E-state index >= 15 is 0 Å². The third-order valence-electron chi connectivity index (χ3n) is 8.57. The van der Waals surface area contributed by atoms with Gasteiger partial charge in [0.15, 0.2) is 0 Å². The van der Waals surface area contributed by atoms with Gasteiger partial charge in [-0.1, -0.05) is 103 Å². The Balaban J connectivity index is 0.000000285. The summed E-state index contributed by atoms with van der Waals surface area (Å²) in [5.74, 6) is -1.19. The summed E-state index contributed by atoms with van der Waals surface area (Å²) in [6.07, 6.45) is -3.04. The zero-order valence-corrected chi connectivity index (χ0v) is 31.6. The number of halogens is 1. The molecule has 13 nitrogen and oxygen atoms in total. The van der Waals surface area contributed by atoms with E-state index in [2.05, 4.69) is 6.58 Å². The van der Waals surface area contributed by atoms with Gasteiger partial charge >= 0.3 is 11.9 Å². The van der Waals surface area contributed by atoms with Crippen molar-refractivity contribution in [3.8, 4) is 5.75 Å². The fourth-order valence-electron chi connectivity index (χ4n) is 5.50. The van der Waals surface area contributed by atoms with Crippen LogP contribution in [0.4, 0.5) is 0 Å². The van der Waals surface area contributed by atoms with Crippen LogP contribution in [0.3, 0.4) is 0 Å². The van der Waals surface area contributed by atoms with Gasteiger partial charge in [0.1, 0.15) is 55.0 Å². The summed E-state index contributed by atoms with van der Waals surface area (Å²) in [5.41, 5.74) is 15.0. The van der Waals surface area contributed by atoms with Gasteiger partial charge in [0.05, 0.1) is 19.8 Å². The van der Waals surface area contributed by atoms with Crippen LogP contribution in [0.15, 0.2) is 116 Å². The van der Waals surface area contributed by atoms with Crippen molar-refractivity contribution in [2.45, 2.75) is 61.9 Å². The standard InChI is InChI=1S/C24H29ClO7.2C9H11NO2/c1-2-9-30-10-11-31-18-6-3-15(4-7-18)12-17-13-16(5-8-19(17)25)24-23(29)22(28)21(27)20(14-26)32-24;2*10-8(9(11)12)6-7-4-2-1-3-5-7/h2-8,13,20-24,26-29H,1,9-12,14H2;2*1-5,8H,6,10H2,(H,11,12)/t20-,21-,22+,23-,24+;2*8-/m100/s1. The fourth-order valence-corrected chi connectivity index (χ4v) is 5.69. The van der Waals surface area contributed by atoms with Crippen LogP contribution in [-0.2, 0) is 38.3 Å². The third-order valence-corrected chi connectivity index (χ3v) is 8.94. The molecule has 4 aromatic carbocycles. The van der Waals surface area contributed by atoms with Crippen molar-refractivity contribution < 1.29 is 54.4 Å². The van der Waals surface area contributed by atoms with Crippen LogP contribution in [0.2, 0.25) is 5.02 Å². The Morgan fingerprint density at radius 3 is 1.82 bits per heavy atom. The van der Waals surface area contributed by atoms with E-state index in [-0.39, 0.29) is 0 Å². The average molecular weight is 795 g/mol. The van der Waals surface area contributed by atoms with Gasteiger partial charge in [-0.15, -0.1) is 6.58 Å². The van der Waals surface area contributed by atoms with E-state index in [1.165, 1.54) is 0 Å². The molecular formula is C42H51ClN2O11. The maximum Gasteiger partial charge on any atom is 0.320 e. The fraction of sp³-hybridized carbons (Fsp3) is 0.333. The Morgan fingerprint density at radius 1 is 0.768 bits per heavy atom. The van der Waals surface area contributed by atoms with Gasteiger partial charge < -0.3 is 56.3 Å². The third kappa shape index (κ3) is 15.1. The highest BCUT2D eigenvalue weighted by molar-refractivity contribution is 6.31. The summed E-state index contributed by atoms with van der Waals surface area (Å²) in [5, 5.41) is 57.5. The minimum Gasteiger partial charge on any atom is -0.491 e. The average Bonchev–Trinajstić information content (AvgIpc) is 3.20. The van der Waals surface area contributed by atoms with Gasteiger partial charge in [-0.2, -0.15) is 0 Å². The molecule has 1 heterocycles. The topological polar surface area (TPSA) is 235 Å².